The molecule has 0 radical (unpaired) electrons. The van der Waals surface area contributed by atoms with Crippen molar-refractivity contribution < 1.29 is 13.2 Å². The van der Waals surface area contributed by atoms with E-state index in [-0.39, 0.29) is 17.3 Å². The Labute approximate surface area is 201 Å². The van der Waals surface area contributed by atoms with E-state index in [0.29, 0.717) is 31.9 Å². The van der Waals surface area contributed by atoms with E-state index in [0.717, 1.165) is 30.7 Å². The van der Waals surface area contributed by atoms with Crippen molar-refractivity contribution in [3.8, 4) is 0 Å². The minimum atomic E-state index is -3.63. The molecule has 1 unspecified atom stereocenters. The van der Waals surface area contributed by atoms with E-state index < -0.39 is 15.9 Å². The van der Waals surface area contributed by atoms with Crippen molar-refractivity contribution in [3.63, 3.8) is 0 Å². The number of carbonyl (C=O) groups is 1. The number of anilines is 1. The average molecular weight is 484 g/mol. The van der Waals surface area contributed by atoms with Crippen LogP contribution in [0.2, 0.25) is 0 Å². The van der Waals surface area contributed by atoms with Crippen molar-refractivity contribution in [1.82, 2.24) is 18.8 Å². The topological polar surface area (TPSA) is 87.5 Å². The number of hydrogen-bond acceptors (Lipinski definition) is 5. The highest BCUT2D eigenvalue weighted by Crippen LogP contribution is 2.26. The summed E-state index contributed by atoms with van der Waals surface area (Å²) < 4.78 is 29.6. The second-order valence-electron chi connectivity index (χ2n) is 8.61. The molecule has 2 heterocycles. The van der Waals surface area contributed by atoms with E-state index in [1.807, 2.05) is 28.8 Å². The molecule has 0 aliphatic carbocycles. The molecular weight excluding hydrogens is 450 g/mol. The molecule has 0 spiro atoms. The van der Waals surface area contributed by atoms with Crippen LogP contribution in [0.3, 0.4) is 0 Å². The molecule has 1 aliphatic heterocycles. The summed E-state index contributed by atoms with van der Waals surface area (Å²) in [4.78, 5) is 20.5. The van der Waals surface area contributed by atoms with Crippen LogP contribution < -0.4 is 5.32 Å². The summed E-state index contributed by atoms with van der Waals surface area (Å²) >= 11 is 0. The van der Waals surface area contributed by atoms with Crippen molar-refractivity contribution in [1.29, 1.82) is 0 Å². The first-order chi connectivity index (χ1) is 16.4. The molecule has 34 heavy (non-hydrogen) atoms. The first-order valence-corrected chi connectivity index (χ1v) is 13.4. The van der Waals surface area contributed by atoms with Crippen LogP contribution in [-0.4, -0.2) is 65.8 Å². The molecule has 3 aromatic rings. The second-order valence-corrected chi connectivity index (χ2v) is 10.5. The van der Waals surface area contributed by atoms with Gasteiger partial charge >= 0.3 is 0 Å². The van der Waals surface area contributed by atoms with E-state index in [9.17, 15) is 13.2 Å². The van der Waals surface area contributed by atoms with E-state index in [1.54, 1.807) is 30.3 Å². The fourth-order valence-electron chi connectivity index (χ4n) is 4.51. The predicted octanol–water partition coefficient (Wildman–Crippen LogP) is 3.42. The number of nitrogens with zero attached hydrogens (tertiary/aromatic N) is 4. The molecule has 1 aromatic heterocycles. The smallest absolute Gasteiger partial charge is 0.243 e. The minimum Gasteiger partial charge on any atom is -0.309 e. The molecule has 182 valence electrons. The van der Waals surface area contributed by atoms with E-state index in [2.05, 4.69) is 29.0 Å². The van der Waals surface area contributed by atoms with Gasteiger partial charge in [0.2, 0.25) is 21.9 Å². The van der Waals surface area contributed by atoms with Gasteiger partial charge < -0.3 is 9.47 Å². The van der Waals surface area contributed by atoms with Crippen LogP contribution in [0.5, 0.6) is 0 Å². The van der Waals surface area contributed by atoms with Crippen molar-refractivity contribution in [2.24, 2.45) is 5.92 Å². The number of nitrogens with one attached hydrogen (secondary N) is 1. The summed E-state index contributed by atoms with van der Waals surface area (Å²) in [5.41, 5.74) is 1.80. The molecule has 1 fully saturated rings. The maximum atomic E-state index is 13.3. The van der Waals surface area contributed by atoms with Crippen LogP contribution in [0.25, 0.3) is 11.0 Å². The van der Waals surface area contributed by atoms with Gasteiger partial charge in [-0.2, -0.15) is 4.31 Å². The lowest BCUT2D eigenvalue weighted by molar-refractivity contribution is -0.120. The molecule has 1 N–H and O–H groups in total. The lowest BCUT2D eigenvalue weighted by atomic mass is 9.99. The highest BCUT2D eigenvalue weighted by atomic mass is 32.2. The molecule has 1 saturated heterocycles. The number of hydrogen-bond donors (Lipinski definition) is 1. The monoisotopic (exact) mass is 483 g/mol. The van der Waals surface area contributed by atoms with Gasteiger partial charge in [-0.15, -0.1) is 0 Å². The molecule has 1 atom stereocenters. The first-order valence-electron chi connectivity index (χ1n) is 12.0. The molecule has 0 bridgehead atoms. The Morgan fingerprint density at radius 3 is 2.53 bits per heavy atom. The summed E-state index contributed by atoms with van der Waals surface area (Å²) in [5.74, 6) is -0.1000. The lowest BCUT2D eigenvalue weighted by Crippen LogP contribution is -2.43. The molecule has 1 aliphatic rings. The van der Waals surface area contributed by atoms with Crippen molar-refractivity contribution in [2.75, 3.05) is 38.0 Å². The van der Waals surface area contributed by atoms with E-state index in [1.165, 1.54) is 4.31 Å². The van der Waals surface area contributed by atoms with Crippen molar-refractivity contribution in [2.45, 2.75) is 38.1 Å². The normalized spacial score (nSPS) is 17.3. The standard InChI is InChI=1S/C25H33N5O3S/c1-3-28(4-2)17-18-30-23-15-9-8-14-22(23)26-25(30)27-24(31)20-11-10-16-29(19-20)34(32,33)21-12-6-5-7-13-21/h5-9,12-15,20H,3-4,10-11,16-19H2,1-2H3,(H,26,27,31). The lowest BCUT2D eigenvalue weighted by Gasteiger charge is -2.31. The van der Waals surface area contributed by atoms with Crippen LogP contribution in [0.4, 0.5) is 5.95 Å². The van der Waals surface area contributed by atoms with Gasteiger partial charge in [0.25, 0.3) is 0 Å². The third kappa shape index (κ3) is 5.16. The Kier molecular flexibility index (Phi) is 7.65. The number of sulfonamides is 1. The number of imidazole rings is 1. The third-order valence-corrected chi connectivity index (χ3v) is 8.44. The number of benzene rings is 2. The predicted molar refractivity (Wildman–Crippen MR) is 134 cm³/mol. The zero-order valence-corrected chi connectivity index (χ0v) is 20.7. The number of para-hydroxylation sites is 2. The number of carbonyl (C=O) groups excluding carboxylic acids is 1. The summed E-state index contributed by atoms with van der Waals surface area (Å²) in [6.07, 6.45) is 1.29. The zero-order valence-electron chi connectivity index (χ0n) is 19.9. The quantitative estimate of drug-likeness (QED) is 0.504. The van der Waals surface area contributed by atoms with Crippen LogP contribution >= 0.6 is 0 Å². The van der Waals surface area contributed by atoms with Gasteiger partial charge in [-0.05, 0) is 50.2 Å². The van der Waals surface area contributed by atoms with Crippen molar-refractivity contribution >= 4 is 32.9 Å². The Balaban J connectivity index is 1.52. The largest absolute Gasteiger partial charge is 0.309 e. The Bertz CT molecular complexity index is 1220. The van der Waals surface area contributed by atoms with Gasteiger partial charge in [0.05, 0.1) is 21.8 Å². The molecule has 1 amide bonds. The summed E-state index contributed by atoms with van der Waals surface area (Å²) in [6, 6.07) is 16.3. The summed E-state index contributed by atoms with van der Waals surface area (Å²) in [5, 5.41) is 3.01. The van der Waals surface area contributed by atoms with Gasteiger partial charge in [-0.25, -0.2) is 13.4 Å². The SMILES string of the molecule is CCN(CC)CCn1c(NC(=O)C2CCCN(S(=O)(=O)c3ccccc3)C2)nc2ccccc21. The Morgan fingerprint density at radius 2 is 1.79 bits per heavy atom. The number of likely N-dealkylation sites (N-methyl/N-ethyl adjacent to an activating group) is 1. The Hall–Kier alpha value is -2.75. The highest BCUT2D eigenvalue weighted by Gasteiger charge is 2.33. The zero-order chi connectivity index (χ0) is 24.1. The number of aromatic nitrogens is 2. The molecule has 0 saturated carbocycles. The van der Waals surface area contributed by atoms with Gasteiger partial charge in [0.15, 0.2) is 0 Å². The molecule has 4 rings (SSSR count). The maximum absolute atomic E-state index is 13.3. The van der Waals surface area contributed by atoms with Gasteiger partial charge in [-0.3, -0.25) is 10.1 Å². The minimum absolute atomic E-state index is 0.169. The average Bonchev–Trinajstić information content (AvgIpc) is 3.22. The molecule has 9 heteroatoms. The Morgan fingerprint density at radius 1 is 1.09 bits per heavy atom. The fraction of sp³-hybridized carbons (Fsp3) is 0.440. The number of fused-ring (bicyclic) bond motifs is 1. The van der Waals surface area contributed by atoms with Crippen LogP contribution in [0.15, 0.2) is 59.5 Å². The van der Waals surface area contributed by atoms with Crippen molar-refractivity contribution in [3.05, 3.63) is 54.6 Å². The van der Waals surface area contributed by atoms with E-state index >= 15 is 0 Å². The number of amides is 1. The van der Waals surface area contributed by atoms with E-state index in [4.69, 9.17) is 0 Å². The fourth-order valence-corrected chi connectivity index (χ4v) is 6.05. The van der Waals surface area contributed by atoms with Gasteiger partial charge in [0, 0.05) is 26.2 Å². The van der Waals surface area contributed by atoms with Crippen LogP contribution in [-0.2, 0) is 21.4 Å². The number of piperidine rings is 1. The van der Waals surface area contributed by atoms with Gasteiger partial charge in [0.1, 0.15) is 0 Å². The van der Waals surface area contributed by atoms with Crippen LogP contribution in [0.1, 0.15) is 26.7 Å². The molecular formula is C25H33N5O3S. The summed E-state index contributed by atoms with van der Waals surface area (Å²) in [7, 11) is -3.63. The first kappa shape index (κ1) is 24.4. The number of rotatable bonds is 9. The third-order valence-electron chi connectivity index (χ3n) is 6.56. The second kappa shape index (κ2) is 10.7. The highest BCUT2D eigenvalue weighted by molar-refractivity contribution is 7.89. The maximum Gasteiger partial charge on any atom is 0.243 e. The van der Waals surface area contributed by atoms with Gasteiger partial charge in [-0.1, -0.05) is 44.2 Å². The summed E-state index contributed by atoms with van der Waals surface area (Å²) in [6.45, 7) is 8.33. The molecule has 8 nitrogen and oxygen atoms in total. The van der Waals surface area contributed by atoms with Crippen LogP contribution in [0, 0.1) is 5.92 Å². The molecule has 2 aromatic carbocycles.